The lowest BCUT2D eigenvalue weighted by molar-refractivity contribution is -0.0551. The number of carbonyl (C=O) groups is 2. The van der Waals surface area contributed by atoms with E-state index in [-0.39, 0.29) is 18.2 Å². The van der Waals surface area contributed by atoms with Crippen LogP contribution in [0.2, 0.25) is 0 Å². The minimum Gasteiger partial charge on any atom is -0.508 e. The van der Waals surface area contributed by atoms with Gasteiger partial charge in [-0.3, -0.25) is 9.69 Å². The number of nitriles is 1. The Labute approximate surface area is 210 Å². The molecule has 1 unspecified atom stereocenters. The Morgan fingerprint density at radius 3 is 2.42 bits per heavy atom. The second-order valence-electron chi connectivity index (χ2n) is 9.50. The summed E-state index contributed by atoms with van der Waals surface area (Å²) in [5.41, 5.74) is 0.991. The molecule has 0 radical (unpaired) electrons. The van der Waals surface area contributed by atoms with Crippen LogP contribution >= 0.6 is 0 Å². The number of phenolic OH excluding ortho intramolecular Hbond substituents is 1. The number of rotatable bonds is 4. The molecule has 2 saturated heterocycles. The van der Waals surface area contributed by atoms with Crippen LogP contribution in [0, 0.1) is 11.3 Å². The van der Waals surface area contributed by atoms with Crippen molar-refractivity contribution in [2.45, 2.75) is 37.5 Å². The fourth-order valence-corrected chi connectivity index (χ4v) is 5.57. The molecular formula is C29H27N3O4. The molecular weight excluding hydrogens is 454 g/mol. The standard InChI is InChI=1S/C29H27N3O4/c1-28(24-11-3-2-4-12-24)29(36-27(35)32(28)20-23-9-6-5-8-22(23)19-30)14-16-31(17-15-29)26(34)21-10-7-13-25(33)18-21/h2-13,18,33H,14-17,20H2,1H3. The summed E-state index contributed by atoms with van der Waals surface area (Å²) in [6.07, 6.45) is 0.498. The zero-order valence-corrected chi connectivity index (χ0v) is 20.1. The second-order valence-corrected chi connectivity index (χ2v) is 9.50. The molecule has 0 aliphatic carbocycles. The molecule has 36 heavy (non-hydrogen) atoms. The Bertz CT molecular complexity index is 1340. The highest BCUT2D eigenvalue weighted by Gasteiger charge is 2.63. The maximum absolute atomic E-state index is 13.4. The van der Waals surface area contributed by atoms with Crippen LogP contribution in [-0.4, -0.2) is 45.6 Å². The number of amides is 2. The highest BCUT2D eigenvalue weighted by molar-refractivity contribution is 5.94. The molecule has 7 heteroatoms. The SMILES string of the molecule is CC1(c2ccccc2)N(Cc2ccccc2C#N)C(=O)OC12CCN(C(=O)c1cccc(O)c1)CC2. The van der Waals surface area contributed by atoms with Crippen molar-refractivity contribution in [2.24, 2.45) is 0 Å². The van der Waals surface area contributed by atoms with Crippen LogP contribution in [-0.2, 0) is 16.8 Å². The van der Waals surface area contributed by atoms with Gasteiger partial charge in [-0.25, -0.2) is 4.79 Å². The van der Waals surface area contributed by atoms with Gasteiger partial charge in [-0.2, -0.15) is 5.26 Å². The topological polar surface area (TPSA) is 93.9 Å². The number of likely N-dealkylation sites (tertiary alicyclic amines) is 1. The van der Waals surface area contributed by atoms with Gasteiger partial charge in [0.15, 0.2) is 0 Å². The zero-order valence-electron chi connectivity index (χ0n) is 20.1. The number of phenols is 1. The minimum atomic E-state index is -0.845. The van der Waals surface area contributed by atoms with Gasteiger partial charge in [-0.15, -0.1) is 0 Å². The predicted molar refractivity (Wildman–Crippen MR) is 133 cm³/mol. The lowest BCUT2D eigenvalue weighted by atomic mass is 9.70. The Morgan fingerprint density at radius 2 is 1.72 bits per heavy atom. The van der Waals surface area contributed by atoms with E-state index in [1.807, 2.05) is 49.4 Å². The summed E-state index contributed by atoms with van der Waals surface area (Å²) in [7, 11) is 0. The third kappa shape index (κ3) is 3.75. The fourth-order valence-electron chi connectivity index (χ4n) is 5.57. The Morgan fingerprint density at radius 1 is 1.03 bits per heavy atom. The van der Waals surface area contributed by atoms with Crippen LogP contribution in [0.5, 0.6) is 5.75 Å². The van der Waals surface area contributed by atoms with Crippen molar-refractivity contribution in [3.63, 3.8) is 0 Å². The monoisotopic (exact) mass is 481 g/mol. The first-order chi connectivity index (χ1) is 17.4. The zero-order chi connectivity index (χ0) is 25.3. The minimum absolute atomic E-state index is 0.0454. The number of aromatic hydroxyl groups is 1. The first kappa shape index (κ1) is 23.4. The van der Waals surface area contributed by atoms with E-state index in [0.29, 0.717) is 37.1 Å². The van der Waals surface area contributed by atoms with Crippen molar-refractivity contribution >= 4 is 12.0 Å². The lowest BCUT2D eigenvalue weighted by Crippen LogP contribution is -2.58. The van der Waals surface area contributed by atoms with E-state index in [1.54, 1.807) is 34.1 Å². The van der Waals surface area contributed by atoms with E-state index in [0.717, 1.165) is 11.1 Å². The van der Waals surface area contributed by atoms with Gasteiger partial charge in [0.2, 0.25) is 0 Å². The summed E-state index contributed by atoms with van der Waals surface area (Å²) in [5, 5.41) is 19.4. The van der Waals surface area contributed by atoms with E-state index in [4.69, 9.17) is 4.74 Å². The van der Waals surface area contributed by atoms with Crippen molar-refractivity contribution < 1.29 is 19.4 Å². The molecule has 3 aromatic rings. The van der Waals surface area contributed by atoms with Gasteiger partial charge < -0.3 is 14.7 Å². The molecule has 2 aliphatic heterocycles. The van der Waals surface area contributed by atoms with Crippen LogP contribution < -0.4 is 0 Å². The van der Waals surface area contributed by atoms with Gasteiger partial charge in [0.25, 0.3) is 5.91 Å². The molecule has 2 fully saturated rings. The van der Waals surface area contributed by atoms with Crippen molar-refractivity contribution in [1.82, 2.24) is 9.80 Å². The highest BCUT2D eigenvalue weighted by atomic mass is 16.6. The largest absolute Gasteiger partial charge is 0.508 e. The fraction of sp³-hybridized carbons (Fsp3) is 0.276. The molecule has 182 valence electrons. The average Bonchev–Trinajstić information content (AvgIpc) is 3.11. The quantitative estimate of drug-likeness (QED) is 0.577. The third-order valence-corrected chi connectivity index (χ3v) is 7.68. The summed E-state index contributed by atoms with van der Waals surface area (Å²) in [5.74, 6) is -0.115. The smallest absolute Gasteiger partial charge is 0.411 e. The average molecular weight is 482 g/mol. The van der Waals surface area contributed by atoms with Crippen LogP contribution in [0.1, 0.15) is 46.8 Å². The maximum atomic E-state index is 13.4. The molecule has 2 amide bonds. The molecule has 0 saturated carbocycles. The van der Waals surface area contributed by atoms with Gasteiger partial charge in [0.1, 0.15) is 16.9 Å². The molecule has 2 aliphatic rings. The van der Waals surface area contributed by atoms with Crippen molar-refractivity contribution in [3.05, 3.63) is 101 Å². The van der Waals surface area contributed by atoms with Gasteiger partial charge in [-0.05, 0) is 42.3 Å². The Kier molecular flexibility index (Phi) is 5.89. The molecule has 7 nitrogen and oxygen atoms in total. The van der Waals surface area contributed by atoms with E-state index in [1.165, 1.54) is 12.1 Å². The summed E-state index contributed by atoms with van der Waals surface area (Å²) in [4.78, 5) is 30.0. The number of ether oxygens (including phenoxy) is 1. The number of hydrogen-bond acceptors (Lipinski definition) is 5. The number of piperidine rings is 1. The number of benzene rings is 3. The number of nitrogens with zero attached hydrogens (tertiary/aromatic N) is 3. The molecule has 1 N–H and O–H groups in total. The molecule has 5 rings (SSSR count). The van der Waals surface area contributed by atoms with Crippen molar-refractivity contribution in [3.8, 4) is 11.8 Å². The van der Waals surface area contributed by atoms with Crippen molar-refractivity contribution in [1.29, 1.82) is 5.26 Å². The number of carbonyl (C=O) groups excluding carboxylic acids is 2. The van der Waals surface area contributed by atoms with E-state index in [9.17, 15) is 20.0 Å². The third-order valence-electron chi connectivity index (χ3n) is 7.68. The van der Waals surface area contributed by atoms with Gasteiger partial charge >= 0.3 is 6.09 Å². The number of hydrogen-bond donors (Lipinski definition) is 1. The molecule has 0 aromatic heterocycles. The van der Waals surface area contributed by atoms with Gasteiger partial charge in [0.05, 0.1) is 18.2 Å². The summed E-state index contributed by atoms with van der Waals surface area (Å²) in [6.45, 7) is 3.08. The predicted octanol–water partition coefficient (Wildman–Crippen LogP) is 4.81. The lowest BCUT2D eigenvalue weighted by Gasteiger charge is -2.48. The Balaban J connectivity index is 1.48. The van der Waals surface area contributed by atoms with Crippen LogP contribution in [0.25, 0.3) is 0 Å². The van der Waals surface area contributed by atoms with E-state index < -0.39 is 17.2 Å². The first-order valence-electron chi connectivity index (χ1n) is 12.0. The van der Waals surface area contributed by atoms with Crippen molar-refractivity contribution in [2.75, 3.05) is 13.1 Å². The molecule has 3 aromatic carbocycles. The van der Waals surface area contributed by atoms with E-state index in [2.05, 4.69) is 6.07 Å². The normalized spacial score (nSPS) is 20.7. The molecule has 0 bridgehead atoms. The van der Waals surface area contributed by atoms with Gasteiger partial charge in [0, 0.05) is 31.5 Å². The highest BCUT2D eigenvalue weighted by Crippen LogP contribution is 2.52. The summed E-state index contributed by atoms with van der Waals surface area (Å²) in [6, 6.07) is 25.6. The molecule has 2 heterocycles. The molecule has 1 atom stereocenters. The second kappa shape index (κ2) is 9.04. The Hall–Kier alpha value is -4.31. The molecule has 1 spiro atoms. The van der Waals surface area contributed by atoms with E-state index >= 15 is 0 Å². The van der Waals surface area contributed by atoms with Crippen LogP contribution in [0.15, 0.2) is 78.9 Å². The first-order valence-corrected chi connectivity index (χ1v) is 12.0. The summed E-state index contributed by atoms with van der Waals surface area (Å²) < 4.78 is 6.20. The van der Waals surface area contributed by atoms with Crippen LogP contribution in [0.3, 0.4) is 0 Å². The summed E-state index contributed by atoms with van der Waals surface area (Å²) >= 11 is 0. The van der Waals surface area contributed by atoms with Crippen LogP contribution in [0.4, 0.5) is 4.79 Å². The maximum Gasteiger partial charge on any atom is 0.411 e. The van der Waals surface area contributed by atoms with Gasteiger partial charge in [-0.1, -0.05) is 54.6 Å².